The molecule has 0 radical (unpaired) electrons. The molecule has 0 saturated carbocycles. The van der Waals surface area contributed by atoms with Gasteiger partial charge in [0.25, 0.3) is 0 Å². The van der Waals surface area contributed by atoms with Crippen LogP contribution in [0.1, 0.15) is 64.7 Å². The summed E-state index contributed by atoms with van der Waals surface area (Å²) >= 11 is 0. The Morgan fingerprint density at radius 2 is 1.71 bits per heavy atom. The summed E-state index contributed by atoms with van der Waals surface area (Å²) in [6.07, 6.45) is 19.6. The van der Waals surface area contributed by atoms with Gasteiger partial charge in [-0.3, -0.25) is 4.79 Å². The first-order chi connectivity index (χ1) is 10.2. The van der Waals surface area contributed by atoms with E-state index in [2.05, 4.69) is 19.1 Å². The Morgan fingerprint density at radius 3 is 2.43 bits per heavy atom. The van der Waals surface area contributed by atoms with Gasteiger partial charge in [-0.25, -0.2) is 0 Å². The molecule has 0 aliphatic carbocycles. The molecule has 120 valence electrons. The Bertz CT molecular complexity index is 329. The quantitative estimate of drug-likeness (QED) is 0.296. The van der Waals surface area contributed by atoms with E-state index < -0.39 is 12.1 Å². The molecule has 0 saturated heterocycles. The van der Waals surface area contributed by atoms with Crippen LogP contribution in [0.5, 0.6) is 0 Å². The summed E-state index contributed by atoms with van der Waals surface area (Å²) in [5, 5.41) is 18.2. The number of carboxylic acid groups (broad SMARTS) is 1. The third-order valence-electron chi connectivity index (χ3n) is 3.12. The fourth-order valence-electron chi connectivity index (χ4n) is 1.91. The molecule has 0 bridgehead atoms. The molecular formula is C18H30O3. The maximum atomic E-state index is 10.3. The first kappa shape index (κ1) is 19.7. The molecular weight excluding hydrogens is 264 g/mol. The van der Waals surface area contributed by atoms with Gasteiger partial charge >= 0.3 is 5.97 Å². The molecule has 0 unspecified atom stereocenters. The predicted octanol–water partition coefficient (Wildman–Crippen LogP) is 4.63. The minimum absolute atomic E-state index is 0.290. The lowest BCUT2D eigenvalue weighted by atomic mass is 10.1. The maximum Gasteiger partial charge on any atom is 0.303 e. The summed E-state index contributed by atoms with van der Waals surface area (Å²) in [5.41, 5.74) is 0. The number of aliphatic carboxylic acids is 1. The van der Waals surface area contributed by atoms with E-state index in [1.807, 2.05) is 18.2 Å². The van der Waals surface area contributed by atoms with Gasteiger partial charge in [-0.15, -0.1) is 0 Å². The molecule has 0 amide bonds. The number of hydrogen-bond donors (Lipinski definition) is 2. The molecule has 0 fully saturated rings. The third kappa shape index (κ3) is 16.6. The van der Waals surface area contributed by atoms with Crippen molar-refractivity contribution in [3.8, 4) is 0 Å². The number of aliphatic hydroxyl groups is 1. The molecule has 0 aromatic rings. The van der Waals surface area contributed by atoms with E-state index in [4.69, 9.17) is 5.11 Å². The standard InChI is InChI=1S/C18H30O3/c1-2-3-4-11-14-17(19)15-12-9-7-5-6-8-10-13-16-18(20)21/h3-4,9,11-12,14,17,19H,2,5-8,10,13,15-16H2,1H3,(H,20,21)/b4-3-,12-9-,14-11+/t17-/m1/s1. The minimum atomic E-state index is -0.698. The molecule has 0 spiro atoms. The minimum Gasteiger partial charge on any atom is -0.481 e. The number of carbonyl (C=O) groups is 1. The van der Waals surface area contributed by atoms with E-state index in [9.17, 15) is 9.90 Å². The zero-order valence-electron chi connectivity index (χ0n) is 13.2. The van der Waals surface area contributed by atoms with E-state index in [0.717, 1.165) is 44.9 Å². The van der Waals surface area contributed by atoms with Gasteiger partial charge in [0.2, 0.25) is 0 Å². The first-order valence-corrected chi connectivity index (χ1v) is 8.05. The van der Waals surface area contributed by atoms with Crippen LogP contribution in [-0.4, -0.2) is 22.3 Å². The SMILES string of the molecule is CC/C=C\C=C\[C@@H](O)C/C=C\CCCCCCCC(=O)O. The largest absolute Gasteiger partial charge is 0.481 e. The normalized spacial score (nSPS) is 13.6. The Hall–Kier alpha value is -1.35. The van der Waals surface area contributed by atoms with Gasteiger partial charge < -0.3 is 10.2 Å². The summed E-state index contributed by atoms with van der Waals surface area (Å²) in [7, 11) is 0. The second kappa shape index (κ2) is 15.0. The maximum absolute atomic E-state index is 10.3. The Morgan fingerprint density at radius 1 is 1.00 bits per heavy atom. The second-order valence-electron chi connectivity index (χ2n) is 5.20. The van der Waals surface area contributed by atoms with Gasteiger partial charge in [0.1, 0.15) is 0 Å². The van der Waals surface area contributed by atoms with Crippen molar-refractivity contribution in [2.24, 2.45) is 0 Å². The third-order valence-corrected chi connectivity index (χ3v) is 3.12. The molecule has 3 nitrogen and oxygen atoms in total. The van der Waals surface area contributed by atoms with Crippen molar-refractivity contribution in [2.45, 2.75) is 70.8 Å². The molecule has 0 aromatic heterocycles. The highest BCUT2D eigenvalue weighted by Crippen LogP contribution is 2.08. The lowest BCUT2D eigenvalue weighted by Crippen LogP contribution is -1.98. The number of hydrogen-bond acceptors (Lipinski definition) is 2. The van der Waals surface area contributed by atoms with Crippen molar-refractivity contribution in [2.75, 3.05) is 0 Å². The smallest absolute Gasteiger partial charge is 0.303 e. The molecule has 0 aliphatic rings. The van der Waals surface area contributed by atoms with Gasteiger partial charge in [-0.05, 0) is 32.1 Å². The zero-order chi connectivity index (χ0) is 15.8. The van der Waals surface area contributed by atoms with Gasteiger partial charge in [-0.2, -0.15) is 0 Å². The Kier molecular flexibility index (Phi) is 14.1. The molecule has 21 heavy (non-hydrogen) atoms. The Labute approximate surface area is 129 Å². The molecule has 1 atom stereocenters. The van der Waals surface area contributed by atoms with Crippen LogP contribution in [0.4, 0.5) is 0 Å². The van der Waals surface area contributed by atoms with Crippen molar-refractivity contribution in [1.29, 1.82) is 0 Å². The summed E-state index contributed by atoms with van der Waals surface area (Å²) in [5.74, 6) is -0.698. The molecule has 0 heterocycles. The number of aliphatic hydroxyl groups excluding tert-OH is 1. The highest BCUT2D eigenvalue weighted by molar-refractivity contribution is 5.66. The van der Waals surface area contributed by atoms with E-state index in [-0.39, 0.29) is 0 Å². The topological polar surface area (TPSA) is 57.5 Å². The van der Waals surface area contributed by atoms with Crippen LogP contribution in [0.15, 0.2) is 36.5 Å². The van der Waals surface area contributed by atoms with Crippen LogP contribution in [0.3, 0.4) is 0 Å². The van der Waals surface area contributed by atoms with Crippen molar-refractivity contribution in [1.82, 2.24) is 0 Å². The molecule has 0 rings (SSSR count). The number of carboxylic acids is 1. The molecule has 3 heteroatoms. The summed E-state index contributed by atoms with van der Waals surface area (Å²) in [6, 6.07) is 0. The number of allylic oxidation sites excluding steroid dienone is 4. The van der Waals surface area contributed by atoms with Crippen LogP contribution in [0.2, 0.25) is 0 Å². The average Bonchev–Trinajstić information content (AvgIpc) is 2.45. The van der Waals surface area contributed by atoms with E-state index in [0.29, 0.717) is 12.8 Å². The fourth-order valence-corrected chi connectivity index (χ4v) is 1.91. The highest BCUT2D eigenvalue weighted by atomic mass is 16.4. The first-order valence-electron chi connectivity index (χ1n) is 8.05. The van der Waals surface area contributed by atoms with Gasteiger partial charge in [0.15, 0.2) is 0 Å². The lowest BCUT2D eigenvalue weighted by molar-refractivity contribution is -0.137. The van der Waals surface area contributed by atoms with Crippen molar-refractivity contribution in [3.05, 3.63) is 36.5 Å². The van der Waals surface area contributed by atoms with Crippen molar-refractivity contribution >= 4 is 5.97 Å². The van der Waals surface area contributed by atoms with E-state index >= 15 is 0 Å². The predicted molar refractivity (Wildman–Crippen MR) is 88.3 cm³/mol. The zero-order valence-corrected chi connectivity index (χ0v) is 13.2. The lowest BCUT2D eigenvalue weighted by Gasteiger charge is -2.00. The van der Waals surface area contributed by atoms with Crippen LogP contribution in [0, 0.1) is 0 Å². The summed E-state index contributed by atoms with van der Waals surface area (Å²) in [4.78, 5) is 10.3. The van der Waals surface area contributed by atoms with E-state index in [1.54, 1.807) is 6.08 Å². The molecule has 2 N–H and O–H groups in total. The highest BCUT2D eigenvalue weighted by Gasteiger charge is 1.96. The summed E-state index contributed by atoms with van der Waals surface area (Å²) in [6.45, 7) is 2.08. The summed E-state index contributed by atoms with van der Waals surface area (Å²) < 4.78 is 0. The molecule has 0 aromatic carbocycles. The average molecular weight is 294 g/mol. The monoisotopic (exact) mass is 294 g/mol. The number of rotatable bonds is 13. The fraction of sp³-hybridized carbons (Fsp3) is 0.611. The Balaban J connectivity index is 3.41. The van der Waals surface area contributed by atoms with Gasteiger partial charge in [0, 0.05) is 6.42 Å². The van der Waals surface area contributed by atoms with Gasteiger partial charge in [0.05, 0.1) is 6.10 Å². The van der Waals surface area contributed by atoms with Gasteiger partial charge in [-0.1, -0.05) is 62.6 Å². The van der Waals surface area contributed by atoms with Crippen LogP contribution >= 0.6 is 0 Å². The number of unbranched alkanes of at least 4 members (excludes halogenated alkanes) is 5. The van der Waals surface area contributed by atoms with Crippen LogP contribution in [-0.2, 0) is 4.79 Å². The van der Waals surface area contributed by atoms with Crippen molar-refractivity contribution in [3.63, 3.8) is 0 Å². The second-order valence-corrected chi connectivity index (χ2v) is 5.20. The van der Waals surface area contributed by atoms with Crippen molar-refractivity contribution < 1.29 is 15.0 Å². The van der Waals surface area contributed by atoms with Crippen LogP contribution in [0.25, 0.3) is 0 Å². The van der Waals surface area contributed by atoms with Crippen LogP contribution < -0.4 is 0 Å². The van der Waals surface area contributed by atoms with E-state index in [1.165, 1.54) is 0 Å². The molecule has 0 aliphatic heterocycles.